The molecule has 14 nitrogen and oxygen atoms in total. The number of aromatic amines is 1. The van der Waals surface area contributed by atoms with Gasteiger partial charge in [0.25, 0.3) is 0 Å². The number of ketones is 1. The number of likely N-dealkylation sites (tertiary alicyclic amines) is 1. The normalized spacial score (nSPS) is 26.7. The van der Waals surface area contributed by atoms with E-state index in [0.717, 1.165) is 55.4 Å². The Morgan fingerprint density at radius 1 is 1.08 bits per heavy atom. The van der Waals surface area contributed by atoms with Crippen molar-refractivity contribution in [3.05, 3.63) is 69.6 Å². The molecule has 6 atom stereocenters. The average Bonchev–Trinajstić information content (AvgIpc) is 3.95. The Kier molecular flexibility index (Phi) is 13.2. The van der Waals surface area contributed by atoms with E-state index in [1.54, 1.807) is 21.0 Å². The van der Waals surface area contributed by atoms with Crippen LogP contribution in [0.3, 0.4) is 0 Å². The second-order valence-corrected chi connectivity index (χ2v) is 17.8. The summed E-state index contributed by atoms with van der Waals surface area (Å²) in [4.78, 5) is 47.1. The van der Waals surface area contributed by atoms with Crippen molar-refractivity contribution in [1.29, 1.82) is 0 Å². The van der Waals surface area contributed by atoms with Gasteiger partial charge in [0.2, 0.25) is 5.76 Å². The molecule has 8 rings (SSSR count). The summed E-state index contributed by atoms with van der Waals surface area (Å²) >= 11 is 0. The van der Waals surface area contributed by atoms with Crippen LogP contribution in [-0.2, 0) is 36.9 Å². The Morgan fingerprint density at radius 2 is 1.89 bits per heavy atom. The van der Waals surface area contributed by atoms with Gasteiger partial charge in [-0.1, -0.05) is 11.6 Å². The summed E-state index contributed by atoms with van der Waals surface area (Å²) in [6, 6.07) is 7.66. The number of piperidine rings is 1. The van der Waals surface area contributed by atoms with E-state index in [1.165, 1.54) is 0 Å². The summed E-state index contributed by atoms with van der Waals surface area (Å²) in [6.07, 6.45) is 5.75. The van der Waals surface area contributed by atoms with Crippen LogP contribution in [0.25, 0.3) is 16.5 Å². The van der Waals surface area contributed by atoms with Crippen molar-refractivity contribution in [1.82, 2.24) is 9.88 Å². The van der Waals surface area contributed by atoms with Gasteiger partial charge in [-0.15, -0.1) is 0 Å². The summed E-state index contributed by atoms with van der Waals surface area (Å²) in [5.74, 6) is -2.43. The molecule has 2 saturated carbocycles. The van der Waals surface area contributed by atoms with Gasteiger partial charge in [-0.3, -0.25) is 9.59 Å². The largest absolute Gasteiger partial charge is 0.489 e. The van der Waals surface area contributed by atoms with Gasteiger partial charge in [-0.25, -0.2) is 4.79 Å². The average molecular weight is 857 g/mol. The van der Waals surface area contributed by atoms with E-state index in [9.17, 15) is 34.8 Å². The van der Waals surface area contributed by atoms with Gasteiger partial charge in [0.1, 0.15) is 40.8 Å². The monoisotopic (exact) mass is 856 g/mol. The number of aromatic nitrogens is 1. The number of nitrogens with zero attached hydrogens (tertiary/aromatic N) is 1. The number of esters is 1. The minimum atomic E-state index is -1.31. The minimum Gasteiger partial charge on any atom is -0.489 e. The highest BCUT2D eigenvalue weighted by molar-refractivity contribution is 6.11. The molecule has 5 N–H and O–H groups in total. The lowest BCUT2D eigenvalue weighted by Gasteiger charge is -2.42. The molecule has 0 amide bonds. The number of ether oxygens (including phenoxy) is 5. The van der Waals surface area contributed by atoms with Crippen LogP contribution in [0.5, 0.6) is 17.2 Å². The van der Waals surface area contributed by atoms with E-state index in [2.05, 4.69) is 9.88 Å². The van der Waals surface area contributed by atoms with Crippen molar-refractivity contribution in [2.75, 3.05) is 46.6 Å². The third-order valence-corrected chi connectivity index (χ3v) is 13.9. The quantitative estimate of drug-likeness (QED) is 0.0821. The zero-order valence-electron chi connectivity index (χ0n) is 36.0. The molecule has 62 heavy (non-hydrogen) atoms. The second-order valence-electron chi connectivity index (χ2n) is 17.8. The molecule has 4 heterocycles. The fraction of sp³-hybridized carbons (Fsp3) is 0.562. The first-order valence-corrected chi connectivity index (χ1v) is 22.3. The summed E-state index contributed by atoms with van der Waals surface area (Å²) in [5, 5.41) is 46.2. The number of Topliss-reactive ketones (excluding diaryl/α,β-unsaturated/α-hetero) is 1. The molecule has 14 heteroatoms. The number of methoxy groups -OCH3 is 1. The van der Waals surface area contributed by atoms with Crippen LogP contribution < -0.4 is 14.2 Å². The van der Waals surface area contributed by atoms with E-state index in [0.29, 0.717) is 66.6 Å². The molecule has 0 unspecified atom stereocenters. The highest BCUT2D eigenvalue weighted by Gasteiger charge is 2.50. The number of carbonyl (C=O) groups is 3. The number of aliphatic hydroxyl groups excluding tert-OH is 3. The Labute approximate surface area is 361 Å². The van der Waals surface area contributed by atoms with E-state index < -0.39 is 54.9 Å². The van der Waals surface area contributed by atoms with Crippen molar-refractivity contribution in [3.63, 3.8) is 0 Å². The Morgan fingerprint density at radius 3 is 2.60 bits per heavy atom. The molecule has 3 aliphatic heterocycles. The van der Waals surface area contributed by atoms with Crippen LogP contribution >= 0.6 is 0 Å². The molecule has 3 fully saturated rings. The number of aliphatic hydroxyl groups is 4. The van der Waals surface area contributed by atoms with E-state index in [-0.39, 0.29) is 66.0 Å². The number of allylic oxidation sites excluding steroid dienone is 3. The maximum absolute atomic E-state index is 14.2. The number of H-pyrrole nitrogens is 1. The molecule has 2 aromatic carbocycles. The van der Waals surface area contributed by atoms with Crippen LogP contribution in [0.4, 0.5) is 0 Å². The number of nitrogens with one attached hydrogen (secondary N) is 1. The first-order valence-electron chi connectivity index (χ1n) is 22.3. The van der Waals surface area contributed by atoms with Gasteiger partial charge in [0.15, 0.2) is 6.29 Å². The van der Waals surface area contributed by atoms with Gasteiger partial charge in [-0.2, -0.15) is 0 Å². The number of benzene rings is 2. The third kappa shape index (κ3) is 8.33. The van der Waals surface area contributed by atoms with Crippen molar-refractivity contribution < 1.29 is 58.5 Å². The predicted molar refractivity (Wildman–Crippen MR) is 229 cm³/mol. The molecule has 5 aliphatic rings. The fourth-order valence-electron chi connectivity index (χ4n) is 10.5. The summed E-state index contributed by atoms with van der Waals surface area (Å²) in [6.45, 7) is 5.63. The van der Waals surface area contributed by atoms with Gasteiger partial charge < -0.3 is 54.0 Å². The van der Waals surface area contributed by atoms with Crippen molar-refractivity contribution in [2.45, 2.75) is 114 Å². The summed E-state index contributed by atoms with van der Waals surface area (Å²) in [7, 11) is 1.70. The SMILES string of the molecule is CCOC(=O)C1=C(C=O)/C(=C2\C[C@@H](CO)C(=O)[C@H](c3ccc4[nH]ccc4c3)C2)c2c(c(CO)c3c(c2O[C@@H]2CCC[C@H](O)C2)C[C@@H]([C@](C)(O)C2CCN(CCCOC)CC2)O3)O1. The van der Waals surface area contributed by atoms with E-state index in [1.807, 2.05) is 30.5 Å². The number of hydrogen-bond acceptors (Lipinski definition) is 13. The highest BCUT2D eigenvalue weighted by atomic mass is 16.6. The molecular formula is C48H60N2O12. The number of aldehydes is 1. The molecule has 1 aromatic heterocycles. The highest BCUT2D eigenvalue weighted by Crippen LogP contribution is 2.57. The zero-order valence-corrected chi connectivity index (χ0v) is 36.0. The number of rotatable bonds is 14. The second kappa shape index (κ2) is 18.6. The molecule has 0 spiro atoms. The third-order valence-electron chi connectivity index (χ3n) is 13.9. The molecule has 1 saturated heterocycles. The fourth-order valence-corrected chi connectivity index (χ4v) is 10.5. The maximum atomic E-state index is 14.2. The van der Waals surface area contributed by atoms with E-state index >= 15 is 0 Å². The molecule has 0 radical (unpaired) electrons. The lowest BCUT2D eigenvalue weighted by Crippen LogP contribution is -2.52. The van der Waals surface area contributed by atoms with Gasteiger partial charge in [0.05, 0.1) is 42.6 Å². The smallest absolute Gasteiger partial charge is 0.375 e. The lowest BCUT2D eigenvalue weighted by molar-refractivity contribution is -0.141. The topological polar surface area (TPSA) is 197 Å². The minimum absolute atomic E-state index is 0.0112. The van der Waals surface area contributed by atoms with Gasteiger partial charge in [-0.05, 0) is 113 Å². The molecule has 0 bridgehead atoms. The first-order chi connectivity index (χ1) is 30.0. The molecular weight excluding hydrogens is 797 g/mol. The van der Waals surface area contributed by atoms with Crippen molar-refractivity contribution in [3.8, 4) is 17.2 Å². The Bertz CT molecular complexity index is 2230. The number of carbonyl (C=O) groups excluding carboxylic acids is 3. The zero-order chi connectivity index (χ0) is 43.7. The predicted octanol–water partition coefficient (Wildman–Crippen LogP) is 5.06. The summed E-state index contributed by atoms with van der Waals surface area (Å²) in [5.41, 5.74) is 2.26. The van der Waals surface area contributed by atoms with Crippen molar-refractivity contribution in [2.24, 2.45) is 11.8 Å². The maximum Gasteiger partial charge on any atom is 0.375 e. The first kappa shape index (κ1) is 44.1. The number of hydrogen-bond donors (Lipinski definition) is 5. The van der Waals surface area contributed by atoms with Crippen LogP contribution in [-0.4, -0.2) is 119 Å². The Hall–Kier alpha value is -4.57. The van der Waals surface area contributed by atoms with Crippen molar-refractivity contribution >= 4 is 34.5 Å². The Balaban J connectivity index is 1.29. The summed E-state index contributed by atoms with van der Waals surface area (Å²) < 4.78 is 30.9. The molecule has 334 valence electrons. The van der Waals surface area contributed by atoms with Crippen LogP contribution in [0.1, 0.15) is 99.8 Å². The van der Waals surface area contributed by atoms with Crippen LogP contribution in [0.2, 0.25) is 0 Å². The van der Waals surface area contributed by atoms with Crippen LogP contribution in [0.15, 0.2) is 47.4 Å². The molecule has 2 aliphatic carbocycles. The van der Waals surface area contributed by atoms with Gasteiger partial charge in [0, 0.05) is 67.8 Å². The van der Waals surface area contributed by atoms with Gasteiger partial charge >= 0.3 is 5.97 Å². The van der Waals surface area contributed by atoms with E-state index in [4.69, 9.17) is 23.7 Å². The molecule has 3 aromatic rings. The van der Waals surface area contributed by atoms with Crippen LogP contribution in [0, 0.1) is 11.8 Å². The standard InChI is InChI=1S/C48H60N2O12/c1-4-59-47(56)46-36(25-52)40(29-20-30(24-51)42(55)34(21-29)27-9-10-38-28(19-27)11-14-49-38)41-44(60-33-8-5-7-32(54)22-33)35-23-39(61-43(35)37(26-53)45(41)62-46)48(2,57)31-12-16-50(17-13-31)15-6-18-58-3/h9-11,14,19,25,30-34,39,49,51,53-54,57H,4-8,12-13,15-18,20-24,26H2,1-3H3/b40-29-/t30-,32-,33+,34-,39-,48+/m0/s1. The number of fused-ring (bicyclic) bond motifs is 3. The lowest BCUT2D eigenvalue weighted by atomic mass is 9.71.